The van der Waals surface area contributed by atoms with E-state index in [1.54, 1.807) is 24.3 Å². The van der Waals surface area contributed by atoms with Gasteiger partial charge in [-0.3, -0.25) is 0 Å². The van der Waals surface area contributed by atoms with Crippen LogP contribution in [-0.4, -0.2) is 8.42 Å². The van der Waals surface area contributed by atoms with Crippen LogP contribution in [0.3, 0.4) is 0 Å². The number of allylic oxidation sites excluding steroid dienone is 1. The first-order valence-corrected chi connectivity index (χ1v) is 9.76. The Morgan fingerprint density at radius 1 is 0.875 bits per heavy atom. The van der Waals surface area contributed by atoms with Crippen molar-refractivity contribution in [2.75, 3.05) is 0 Å². The van der Waals surface area contributed by atoms with E-state index >= 15 is 0 Å². The lowest BCUT2D eigenvalue weighted by Crippen LogP contribution is -2.09. The van der Waals surface area contributed by atoms with Gasteiger partial charge in [0.2, 0.25) is 0 Å². The summed E-state index contributed by atoms with van der Waals surface area (Å²) in [6.45, 7) is 1.93. The van der Waals surface area contributed by atoms with Crippen LogP contribution in [0.1, 0.15) is 43.2 Å². The van der Waals surface area contributed by atoms with Crippen LogP contribution >= 0.6 is 0 Å². The maximum Gasteiger partial charge on any atom is 0.339 e. The molecule has 3 rings (SSSR count). The van der Waals surface area contributed by atoms with E-state index in [1.807, 2.05) is 37.3 Å². The molecule has 0 atom stereocenters. The van der Waals surface area contributed by atoms with Crippen molar-refractivity contribution in [3.8, 4) is 0 Å². The number of rotatable bonds is 4. The molecule has 0 amide bonds. The van der Waals surface area contributed by atoms with Gasteiger partial charge in [0.05, 0.1) is 0 Å². The summed E-state index contributed by atoms with van der Waals surface area (Å²) < 4.78 is 31.1. The molecule has 0 radical (unpaired) electrons. The molecule has 1 aliphatic carbocycles. The fraction of sp³-hybridized carbons (Fsp3) is 0.300. The lowest BCUT2D eigenvalue weighted by molar-refractivity contribution is 0.454. The highest BCUT2D eigenvalue weighted by Gasteiger charge is 2.22. The first-order chi connectivity index (χ1) is 11.6. The topological polar surface area (TPSA) is 43.4 Å². The van der Waals surface area contributed by atoms with Crippen molar-refractivity contribution in [2.24, 2.45) is 0 Å². The molecule has 1 aliphatic rings. The zero-order valence-electron chi connectivity index (χ0n) is 13.9. The van der Waals surface area contributed by atoms with Crippen molar-refractivity contribution in [1.29, 1.82) is 0 Å². The minimum atomic E-state index is -3.83. The summed E-state index contributed by atoms with van der Waals surface area (Å²) in [4.78, 5) is 0.193. The molecule has 0 aromatic heterocycles. The molecule has 1 saturated carbocycles. The van der Waals surface area contributed by atoms with Crippen molar-refractivity contribution < 1.29 is 12.6 Å². The van der Waals surface area contributed by atoms with Gasteiger partial charge in [-0.2, -0.15) is 8.42 Å². The van der Waals surface area contributed by atoms with Gasteiger partial charge in [-0.1, -0.05) is 54.4 Å². The highest BCUT2D eigenvalue weighted by atomic mass is 32.2. The Morgan fingerprint density at radius 3 is 2.12 bits per heavy atom. The SMILES string of the molecule is Cc1ccc(S(=O)(=O)OC(=C2CCCCC2)c2ccccc2)cc1. The van der Waals surface area contributed by atoms with Gasteiger partial charge >= 0.3 is 10.1 Å². The predicted octanol–water partition coefficient (Wildman–Crippen LogP) is 5.08. The molecule has 3 nitrogen and oxygen atoms in total. The van der Waals surface area contributed by atoms with E-state index in [0.717, 1.165) is 42.4 Å². The molecule has 1 fully saturated rings. The van der Waals surface area contributed by atoms with E-state index in [-0.39, 0.29) is 4.90 Å². The maximum absolute atomic E-state index is 12.7. The molecule has 126 valence electrons. The summed E-state index contributed by atoms with van der Waals surface area (Å²) in [5, 5.41) is 0. The van der Waals surface area contributed by atoms with Gasteiger partial charge in [-0.05, 0) is 50.3 Å². The molecular formula is C20H22O3S. The third kappa shape index (κ3) is 3.88. The van der Waals surface area contributed by atoms with Gasteiger partial charge in [-0.25, -0.2) is 0 Å². The van der Waals surface area contributed by atoms with Crippen molar-refractivity contribution in [2.45, 2.75) is 43.9 Å². The highest BCUT2D eigenvalue weighted by Crippen LogP contribution is 2.33. The van der Waals surface area contributed by atoms with E-state index in [2.05, 4.69) is 0 Å². The first kappa shape index (κ1) is 16.8. The van der Waals surface area contributed by atoms with E-state index in [9.17, 15) is 8.42 Å². The lowest BCUT2D eigenvalue weighted by Gasteiger charge is -2.20. The molecule has 24 heavy (non-hydrogen) atoms. The molecule has 2 aromatic carbocycles. The summed E-state index contributed by atoms with van der Waals surface area (Å²) in [6, 6.07) is 16.3. The number of hydrogen-bond donors (Lipinski definition) is 0. The van der Waals surface area contributed by atoms with Crippen LogP contribution in [0.4, 0.5) is 0 Å². The summed E-state index contributed by atoms with van der Waals surface area (Å²) >= 11 is 0. The van der Waals surface area contributed by atoms with Crippen molar-refractivity contribution in [3.05, 3.63) is 71.3 Å². The van der Waals surface area contributed by atoms with E-state index in [1.165, 1.54) is 6.42 Å². The lowest BCUT2D eigenvalue weighted by atomic mass is 9.92. The van der Waals surface area contributed by atoms with Gasteiger partial charge in [0, 0.05) is 5.56 Å². The molecule has 0 aliphatic heterocycles. The quantitative estimate of drug-likeness (QED) is 0.575. The second kappa shape index (κ2) is 7.22. The van der Waals surface area contributed by atoms with Gasteiger partial charge in [-0.15, -0.1) is 0 Å². The predicted molar refractivity (Wildman–Crippen MR) is 95.9 cm³/mol. The van der Waals surface area contributed by atoms with Crippen molar-refractivity contribution in [3.63, 3.8) is 0 Å². The Kier molecular flexibility index (Phi) is 5.05. The molecule has 0 spiro atoms. The average molecular weight is 342 g/mol. The maximum atomic E-state index is 12.7. The third-order valence-electron chi connectivity index (χ3n) is 4.32. The van der Waals surface area contributed by atoms with Crippen LogP contribution < -0.4 is 0 Å². The van der Waals surface area contributed by atoms with Gasteiger partial charge < -0.3 is 4.18 Å². The zero-order valence-corrected chi connectivity index (χ0v) is 14.7. The van der Waals surface area contributed by atoms with Crippen LogP contribution in [0.15, 0.2) is 65.1 Å². The zero-order chi connectivity index (χ0) is 17.0. The standard InChI is InChI=1S/C20H22O3S/c1-16-12-14-19(15-13-16)24(21,22)23-20(17-8-4-2-5-9-17)18-10-6-3-7-11-18/h2,4-5,8-9,12-15H,3,6-7,10-11H2,1H3. The number of hydrogen-bond acceptors (Lipinski definition) is 3. The van der Waals surface area contributed by atoms with Gasteiger partial charge in [0.25, 0.3) is 0 Å². The Morgan fingerprint density at radius 2 is 1.50 bits per heavy atom. The number of benzene rings is 2. The van der Waals surface area contributed by atoms with E-state index in [4.69, 9.17) is 4.18 Å². The summed E-state index contributed by atoms with van der Waals surface area (Å²) in [5.74, 6) is 0.510. The Labute approximate surface area is 144 Å². The first-order valence-electron chi connectivity index (χ1n) is 8.35. The van der Waals surface area contributed by atoms with Crippen molar-refractivity contribution in [1.82, 2.24) is 0 Å². The summed E-state index contributed by atoms with van der Waals surface area (Å²) in [6.07, 6.45) is 5.15. The summed E-state index contributed by atoms with van der Waals surface area (Å²) in [5.41, 5.74) is 2.94. The average Bonchev–Trinajstić information content (AvgIpc) is 2.62. The Bertz CT molecular complexity index is 811. The Balaban J connectivity index is 1.99. The van der Waals surface area contributed by atoms with Crippen LogP contribution in [0.5, 0.6) is 0 Å². The number of aryl methyl sites for hydroxylation is 1. The second-order valence-corrected chi connectivity index (χ2v) is 7.76. The molecule has 0 saturated heterocycles. The minimum Gasteiger partial charge on any atom is -0.378 e. The molecule has 0 bridgehead atoms. The van der Waals surface area contributed by atoms with Crippen LogP contribution in [-0.2, 0) is 14.3 Å². The molecule has 0 N–H and O–H groups in total. The normalized spacial score (nSPS) is 15.1. The van der Waals surface area contributed by atoms with Crippen molar-refractivity contribution >= 4 is 15.9 Å². The minimum absolute atomic E-state index is 0.193. The molecule has 0 unspecified atom stereocenters. The molecule has 2 aromatic rings. The third-order valence-corrected chi connectivity index (χ3v) is 5.55. The summed E-state index contributed by atoms with van der Waals surface area (Å²) in [7, 11) is -3.83. The second-order valence-electron chi connectivity index (χ2n) is 6.21. The van der Waals surface area contributed by atoms with Crippen LogP contribution in [0, 0.1) is 6.92 Å². The van der Waals surface area contributed by atoms with Gasteiger partial charge in [0.15, 0.2) is 0 Å². The van der Waals surface area contributed by atoms with E-state index < -0.39 is 10.1 Å². The van der Waals surface area contributed by atoms with Crippen LogP contribution in [0.2, 0.25) is 0 Å². The fourth-order valence-corrected chi connectivity index (χ4v) is 3.97. The van der Waals surface area contributed by atoms with E-state index in [0.29, 0.717) is 5.76 Å². The molecule has 0 heterocycles. The molecular weight excluding hydrogens is 320 g/mol. The fourth-order valence-electron chi connectivity index (χ4n) is 2.97. The smallest absolute Gasteiger partial charge is 0.339 e. The Hall–Kier alpha value is -2.07. The monoisotopic (exact) mass is 342 g/mol. The van der Waals surface area contributed by atoms with Crippen LogP contribution in [0.25, 0.3) is 5.76 Å². The highest BCUT2D eigenvalue weighted by molar-refractivity contribution is 7.87. The largest absolute Gasteiger partial charge is 0.378 e. The molecule has 4 heteroatoms. The van der Waals surface area contributed by atoms with Gasteiger partial charge in [0.1, 0.15) is 10.7 Å².